The van der Waals surface area contributed by atoms with Crippen LogP contribution in [0, 0.1) is 15.9 Å². The van der Waals surface area contributed by atoms with Crippen LogP contribution in [0.15, 0.2) is 18.2 Å². The number of nitrogens with zero attached hydrogens (tertiary/aromatic N) is 2. The molecule has 0 radical (unpaired) electrons. The van der Waals surface area contributed by atoms with E-state index in [4.69, 9.17) is 4.74 Å². The molecule has 1 amide bonds. The average Bonchev–Trinajstić information content (AvgIpc) is 2.44. The van der Waals surface area contributed by atoms with Crippen LogP contribution in [0.1, 0.15) is 24.2 Å². The highest BCUT2D eigenvalue weighted by Gasteiger charge is 2.22. The first-order valence-corrected chi connectivity index (χ1v) is 6.29. The number of carbonyl (C=O) groups is 2. The van der Waals surface area contributed by atoms with Gasteiger partial charge in [0.2, 0.25) is 5.82 Å². The van der Waals surface area contributed by atoms with E-state index in [1.54, 1.807) is 13.8 Å². The van der Waals surface area contributed by atoms with Crippen LogP contribution < -0.4 is 0 Å². The Morgan fingerprint density at radius 1 is 1.38 bits per heavy atom. The van der Waals surface area contributed by atoms with E-state index in [-0.39, 0.29) is 25.3 Å². The number of likely N-dealkylation sites (N-methyl/N-ethyl adjacent to an activating group) is 1. The van der Waals surface area contributed by atoms with Gasteiger partial charge in [-0.3, -0.25) is 19.7 Å². The number of esters is 1. The van der Waals surface area contributed by atoms with Crippen molar-refractivity contribution in [3.8, 4) is 0 Å². The van der Waals surface area contributed by atoms with Crippen LogP contribution in [0.4, 0.5) is 10.1 Å². The van der Waals surface area contributed by atoms with E-state index in [1.807, 2.05) is 0 Å². The quantitative estimate of drug-likeness (QED) is 0.453. The molecule has 0 aliphatic rings. The number of carbonyl (C=O) groups excluding carboxylic acids is 2. The Morgan fingerprint density at radius 2 is 2.05 bits per heavy atom. The lowest BCUT2D eigenvalue weighted by Crippen LogP contribution is -2.36. The molecule has 0 atom stereocenters. The Morgan fingerprint density at radius 3 is 2.57 bits per heavy atom. The van der Waals surface area contributed by atoms with Gasteiger partial charge in [-0.15, -0.1) is 0 Å². The van der Waals surface area contributed by atoms with E-state index in [9.17, 15) is 24.1 Å². The number of nitro groups is 1. The van der Waals surface area contributed by atoms with Gasteiger partial charge in [0, 0.05) is 18.2 Å². The lowest BCUT2D eigenvalue weighted by molar-refractivity contribution is -0.387. The van der Waals surface area contributed by atoms with Crippen molar-refractivity contribution in [2.75, 3.05) is 19.7 Å². The number of hydrogen-bond donors (Lipinski definition) is 0. The van der Waals surface area contributed by atoms with Crippen molar-refractivity contribution in [1.82, 2.24) is 4.90 Å². The molecule has 1 aromatic rings. The first kappa shape index (κ1) is 16.5. The third-order valence-electron chi connectivity index (χ3n) is 2.68. The summed E-state index contributed by atoms with van der Waals surface area (Å²) in [5.41, 5.74) is -0.845. The standard InChI is InChI=1S/C13H15FN2O5/c1-3-15(8-12(17)21-4-2)13(18)9-5-6-10(14)11(7-9)16(19)20/h5-7H,3-4,8H2,1-2H3. The molecule has 7 nitrogen and oxygen atoms in total. The van der Waals surface area contributed by atoms with Crippen molar-refractivity contribution < 1.29 is 23.6 Å². The highest BCUT2D eigenvalue weighted by Crippen LogP contribution is 2.19. The van der Waals surface area contributed by atoms with Crippen LogP contribution in [0.3, 0.4) is 0 Å². The van der Waals surface area contributed by atoms with Crippen molar-refractivity contribution in [2.24, 2.45) is 0 Å². The van der Waals surface area contributed by atoms with Crippen LogP contribution in [0.25, 0.3) is 0 Å². The average molecular weight is 298 g/mol. The fourth-order valence-electron chi connectivity index (χ4n) is 1.66. The molecule has 114 valence electrons. The minimum atomic E-state index is -1.02. The maximum atomic E-state index is 13.2. The number of benzene rings is 1. The lowest BCUT2D eigenvalue weighted by Gasteiger charge is -2.19. The summed E-state index contributed by atoms with van der Waals surface area (Å²) in [6.45, 7) is 3.41. The molecule has 21 heavy (non-hydrogen) atoms. The molecule has 0 saturated heterocycles. The highest BCUT2D eigenvalue weighted by atomic mass is 19.1. The van der Waals surface area contributed by atoms with Crippen molar-refractivity contribution in [2.45, 2.75) is 13.8 Å². The van der Waals surface area contributed by atoms with E-state index in [0.29, 0.717) is 0 Å². The first-order valence-electron chi connectivity index (χ1n) is 6.29. The van der Waals surface area contributed by atoms with E-state index in [0.717, 1.165) is 23.1 Å². The molecule has 1 aromatic carbocycles. The monoisotopic (exact) mass is 298 g/mol. The van der Waals surface area contributed by atoms with Crippen molar-refractivity contribution in [1.29, 1.82) is 0 Å². The predicted molar refractivity (Wildman–Crippen MR) is 71.3 cm³/mol. The SMILES string of the molecule is CCOC(=O)CN(CC)C(=O)c1ccc(F)c([N+](=O)[O-])c1. The van der Waals surface area contributed by atoms with Crippen molar-refractivity contribution in [3.63, 3.8) is 0 Å². The second-order valence-corrected chi connectivity index (χ2v) is 4.05. The maximum Gasteiger partial charge on any atom is 0.325 e. The molecule has 0 spiro atoms. The summed E-state index contributed by atoms with van der Waals surface area (Å²) in [6, 6.07) is 2.84. The highest BCUT2D eigenvalue weighted by molar-refractivity contribution is 5.96. The topological polar surface area (TPSA) is 89.8 Å². The minimum Gasteiger partial charge on any atom is -0.465 e. The smallest absolute Gasteiger partial charge is 0.325 e. The molecular formula is C13H15FN2O5. The van der Waals surface area contributed by atoms with E-state index < -0.39 is 28.3 Å². The van der Waals surface area contributed by atoms with Gasteiger partial charge in [-0.2, -0.15) is 4.39 Å². The number of nitro benzene ring substituents is 1. The van der Waals surface area contributed by atoms with Gasteiger partial charge in [-0.1, -0.05) is 0 Å². The minimum absolute atomic E-state index is 0.0609. The zero-order chi connectivity index (χ0) is 16.0. The van der Waals surface area contributed by atoms with Gasteiger partial charge in [-0.05, 0) is 26.0 Å². The summed E-state index contributed by atoms with van der Waals surface area (Å²) in [6.07, 6.45) is 0. The van der Waals surface area contributed by atoms with Gasteiger partial charge in [0.15, 0.2) is 0 Å². The second kappa shape index (κ2) is 7.32. The Bertz CT molecular complexity index is 561. The summed E-state index contributed by atoms with van der Waals surface area (Å²) in [5, 5.41) is 10.7. The predicted octanol–water partition coefficient (Wildman–Crippen LogP) is 1.76. The largest absolute Gasteiger partial charge is 0.465 e. The van der Waals surface area contributed by atoms with Crippen LogP contribution >= 0.6 is 0 Å². The Labute approximate surface area is 120 Å². The normalized spacial score (nSPS) is 10.0. The summed E-state index contributed by atoms with van der Waals surface area (Å²) in [7, 11) is 0. The zero-order valence-corrected chi connectivity index (χ0v) is 11.7. The van der Waals surface area contributed by atoms with Gasteiger partial charge in [0.05, 0.1) is 11.5 Å². The Hall–Kier alpha value is -2.51. The number of halogens is 1. The molecule has 0 aromatic heterocycles. The molecule has 0 fully saturated rings. The van der Waals surface area contributed by atoms with Gasteiger partial charge >= 0.3 is 11.7 Å². The molecular weight excluding hydrogens is 283 g/mol. The summed E-state index contributed by atoms with van der Waals surface area (Å²) in [4.78, 5) is 34.5. The molecule has 0 saturated carbocycles. The van der Waals surface area contributed by atoms with Gasteiger partial charge in [0.1, 0.15) is 6.54 Å². The molecule has 0 aliphatic carbocycles. The van der Waals surface area contributed by atoms with E-state index in [1.165, 1.54) is 0 Å². The van der Waals surface area contributed by atoms with Crippen molar-refractivity contribution >= 4 is 17.6 Å². The van der Waals surface area contributed by atoms with Gasteiger partial charge < -0.3 is 9.64 Å². The fourth-order valence-corrected chi connectivity index (χ4v) is 1.66. The molecule has 0 bridgehead atoms. The van der Waals surface area contributed by atoms with Crippen molar-refractivity contribution in [3.05, 3.63) is 39.7 Å². The molecule has 8 heteroatoms. The Kier molecular flexibility index (Phi) is 5.77. The third kappa shape index (κ3) is 4.23. The second-order valence-electron chi connectivity index (χ2n) is 4.05. The van der Waals surface area contributed by atoms with Gasteiger partial charge in [0.25, 0.3) is 5.91 Å². The summed E-state index contributed by atoms with van der Waals surface area (Å²) >= 11 is 0. The molecule has 0 heterocycles. The van der Waals surface area contributed by atoms with Gasteiger partial charge in [-0.25, -0.2) is 0 Å². The summed E-state index contributed by atoms with van der Waals surface area (Å²) < 4.78 is 18.0. The zero-order valence-electron chi connectivity index (χ0n) is 11.7. The fraction of sp³-hybridized carbons (Fsp3) is 0.385. The molecule has 0 N–H and O–H groups in total. The number of hydrogen-bond acceptors (Lipinski definition) is 5. The van der Waals surface area contributed by atoms with Crippen LogP contribution in [-0.4, -0.2) is 41.4 Å². The third-order valence-corrected chi connectivity index (χ3v) is 2.68. The number of amides is 1. The summed E-state index contributed by atoms with van der Waals surface area (Å²) in [5.74, 6) is -2.21. The van der Waals surface area contributed by atoms with Crippen LogP contribution in [-0.2, 0) is 9.53 Å². The number of ether oxygens (including phenoxy) is 1. The molecule has 0 aliphatic heterocycles. The molecule has 0 unspecified atom stereocenters. The maximum absolute atomic E-state index is 13.2. The first-order chi connectivity index (χ1) is 9.90. The van der Waals surface area contributed by atoms with Crippen LogP contribution in [0.5, 0.6) is 0 Å². The van der Waals surface area contributed by atoms with E-state index in [2.05, 4.69) is 0 Å². The lowest BCUT2D eigenvalue weighted by atomic mass is 10.1. The van der Waals surface area contributed by atoms with E-state index >= 15 is 0 Å². The Balaban J connectivity index is 2.97. The molecule has 1 rings (SSSR count). The number of rotatable bonds is 6. The van der Waals surface area contributed by atoms with Crippen LogP contribution in [0.2, 0.25) is 0 Å².